The molecule has 1 aromatic rings. The van der Waals surface area contributed by atoms with Crippen LogP contribution >= 0.6 is 11.3 Å². The summed E-state index contributed by atoms with van der Waals surface area (Å²) in [5, 5.41) is 7.62. The molecule has 0 bridgehead atoms. The van der Waals surface area contributed by atoms with E-state index in [1.165, 1.54) is 4.88 Å². The molecule has 0 aliphatic heterocycles. The lowest BCUT2D eigenvalue weighted by molar-refractivity contribution is -0.122. The highest BCUT2D eigenvalue weighted by Gasteiger charge is 2.26. The van der Waals surface area contributed by atoms with E-state index in [9.17, 15) is 9.59 Å². The zero-order valence-corrected chi connectivity index (χ0v) is 14.8. The van der Waals surface area contributed by atoms with Crippen molar-refractivity contribution in [2.45, 2.75) is 58.6 Å². The maximum Gasteiger partial charge on any atom is 0.408 e. The molecule has 0 saturated carbocycles. The number of alkyl carbamates (subject to hydrolysis) is 1. The lowest BCUT2D eigenvalue weighted by atomic mass is 10.0. The molecule has 6 heteroatoms. The molecule has 0 fully saturated rings. The molecular formula is C16H26N2O3S. The van der Waals surface area contributed by atoms with Crippen molar-refractivity contribution < 1.29 is 14.3 Å². The summed E-state index contributed by atoms with van der Waals surface area (Å²) in [5.41, 5.74) is -1.21. The standard InChI is InChI=1S/C16H26N2O3S/c1-15(2,3)21-14(20)18-16(4,5)11-13(19)17-9-8-12-7-6-10-22-12/h6-7,10H,8-9,11H2,1-5H3,(H,17,19)(H,18,20). The SMILES string of the molecule is CC(C)(CC(=O)NCCc1cccs1)NC(=O)OC(C)(C)C. The van der Waals surface area contributed by atoms with Gasteiger partial charge in [0.15, 0.2) is 0 Å². The van der Waals surface area contributed by atoms with E-state index in [0.717, 1.165) is 6.42 Å². The Morgan fingerprint density at radius 3 is 2.45 bits per heavy atom. The van der Waals surface area contributed by atoms with Crippen LogP contribution in [-0.4, -0.2) is 29.7 Å². The molecule has 22 heavy (non-hydrogen) atoms. The zero-order valence-electron chi connectivity index (χ0n) is 14.0. The number of amides is 2. The predicted octanol–water partition coefficient (Wildman–Crippen LogP) is 3.10. The van der Waals surface area contributed by atoms with Crippen LogP contribution in [0, 0.1) is 0 Å². The van der Waals surface area contributed by atoms with Crippen molar-refractivity contribution in [1.29, 1.82) is 0 Å². The highest BCUT2D eigenvalue weighted by molar-refractivity contribution is 7.09. The van der Waals surface area contributed by atoms with Gasteiger partial charge in [-0.3, -0.25) is 4.79 Å². The fraction of sp³-hybridized carbons (Fsp3) is 0.625. The second-order valence-corrected chi connectivity index (χ2v) is 7.90. The quantitative estimate of drug-likeness (QED) is 0.844. The molecule has 5 nitrogen and oxygen atoms in total. The maximum absolute atomic E-state index is 12.0. The normalized spacial score (nSPS) is 11.9. The Morgan fingerprint density at radius 2 is 1.91 bits per heavy atom. The fourth-order valence-electron chi connectivity index (χ4n) is 1.87. The first kappa shape index (κ1) is 18.5. The first-order valence-electron chi connectivity index (χ1n) is 7.38. The summed E-state index contributed by atoms with van der Waals surface area (Å²) in [7, 11) is 0. The van der Waals surface area contributed by atoms with E-state index in [1.807, 2.05) is 17.5 Å². The third-order valence-electron chi connectivity index (χ3n) is 2.72. The fourth-order valence-corrected chi connectivity index (χ4v) is 2.58. The van der Waals surface area contributed by atoms with E-state index >= 15 is 0 Å². The number of hydrogen-bond donors (Lipinski definition) is 2. The first-order valence-corrected chi connectivity index (χ1v) is 8.26. The van der Waals surface area contributed by atoms with E-state index in [-0.39, 0.29) is 12.3 Å². The van der Waals surface area contributed by atoms with Crippen molar-refractivity contribution in [3.63, 3.8) is 0 Å². The molecule has 0 radical (unpaired) electrons. The van der Waals surface area contributed by atoms with E-state index in [2.05, 4.69) is 10.6 Å². The number of thiophene rings is 1. The van der Waals surface area contributed by atoms with Crippen LogP contribution in [0.25, 0.3) is 0 Å². The second-order valence-electron chi connectivity index (χ2n) is 6.87. The number of carbonyl (C=O) groups excluding carboxylic acids is 2. The van der Waals surface area contributed by atoms with E-state index in [0.29, 0.717) is 6.54 Å². The van der Waals surface area contributed by atoms with Crippen molar-refractivity contribution in [3.05, 3.63) is 22.4 Å². The van der Waals surface area contributed by atoms with Crippen molar-refractivity contribution in [1.82, 2.24) is 10.6 Å². The van der Waals surface area contributed by atoms with Gasteiger partial charge < -0.3 is 15.4 Å². The summed E-state index contributed by atoms with van der Waals surface area (Å²) in [6, 6.07) is 4.04. The molecule has 1 heterocycles. The molecule has 0 spiro atoms. The molecule has 0 aliphatic rings. The van der Waals surface area contributed by atoms with Crippen LogP contribution in [0.4, 0.5) is 4.79 Å². The van der Waals surface area contributed by atoms with Crippen LogP contribution in [0.1, 0.15) is 45.9 Å². The van der Waals surface area contributed by atoms with Crippen molar-refractivity contribution in [3.8, 4) is 0 Å². The molecule has 1 rings (SSSR count). The number of rotatable bonds is 6. The number of ether oxygens (including phenoxy) is 1. The van der Waals surface area contributed by atoms with Gasteiger partial charge in [-0.15, -0.1) is 11.3 Å². The summed E-state index contributed by atoms with van der Waals surface area (Å²) in [5.74, 6) is -0.0855. The number of nitrogens with one attached hydrogen (secondary N) is 2. The summed E-state index contributed by atoms with van der Waals surface area (Å²) in [6.07, 6.45) is 0.517. The Bertz CT molecular complexity index is 490. The van der Waals surface area contributed by atoms with E-state index in [1.54, 1.807) is 46.0 Å². The monoisotopic (exact) mass is 326 g/mol. The highest BCUT2D eigenvalue weighted by atomic mass is 32.1. The van der Waals surface area contributed by atoms with Gasteiger partial charge in [0.2, 0.25) is 5.91 Å². The molecule has 0 saturated heterocycles. The molecule has 0 aromatic carbocycles. The molecule has 2 amide bonds. The summed E-state index contributed by atoms with van der Waals surface area (Å²) < 4.78 is 5.20. The molecule has 0 aliphatic carbocycles. The van der Waals surface area contributed by atoms with E-state index < -0.39 is 17.2 Å². The third kappa shape index (κ3) is 8.02. The highest BCUT2D eigenvalue weighted by Crippen LogP contribution is 2.12. The van der Waals surface area contributed by atoms with Gasteiger partial charge in [-0.25, -0.2) is 4.79 Å². The minimum Gasteiger partial charge on any atom is -0.444 e. The van der Waals surface area contributed by atoms with Crippen LogP contribution in [0.15, 0.2) is 17.5 Å². The Hall–Kier alpha value is -1.56. The van der Waals surface area contributed by atoms with Gasteiger partial charge in [-0.05, 0) is 52.5 Å². The Labute approximate surface area is 136 Å². The smallest absolute Gasteiger partial charge is 0.408 e. The van der Waals surface area contributed by atoms with Crippen LogP contribution in [0.2, 0.25) is 0 Å². The topological polar surface area (TPSA) is 67.4 Å². The number of hydrogen-bond acceptors (Lipinski definition) is 4. The Kier molecular flexibility index (Phi) is 6.41. The van der Waals surface area contributed by atoms with Gasteiger partial charge in [0, 0.05) is 23.4 Å². The van der Waals surface area contributed by atoms with Gasteiger partial charge >= 0.3 is 6.09 Å². The lowest BCUT2D eigenvalue weighted by Crippen LogP contribution is -2.48. The average Bonchev–Trinajstić information content (AvgIpc) is 2.76. The van der Waals surface area contributed by atoms with Gasteiger partial charge in [0.05, 0.1) is 0 Å². The second kappa shape index (κ2) is 7.63. The van der Waals surface area contributed by atoms with Crippen molar-refractivity contribution in [2.24, 2.45) is 0 Å². The Balaban J connectivity index is 2.33. The van der Waals surface area contributed by atoms with Gasteiger partial charge in [0.1, 0.15) is 5.60 Å². The summed E-state index contributed by atoms with van der Waals surface area (Å²) in [4.78, 5) is 25.0. The maximum atomic E-state index is 12.0. The minimum atomic E-state index is -0.657. The first-order chi connectivity index (χ1) is 10.1. The number of carbonyl (C=O) groups is 2. The summed E-state index contributed by atoms with van der Waals surface area (Å²) in [6.45, 7) is 9.61. The molecule has 0 atom stereocenters. The van der Waals surface area contributed by atoms with Crippen LogP contribution < -0.4 is 10.6 Å². The molecule has 0 unspecified atom stereocenters. The molecule has 2 N–H and O–H groups in total. The Morgan fingerprint density at radius 1 is 1.23 bits per heavy atom. The minimum absolute atomic E-state index is 0.0855. The van der Waals surface area contributed by atoms with Crippen molar-refractivity contribution >= 4 is 23.3 Å². The van der Waals surface area contributed by atoms with E-state index in [4.69, 9.17) is 4.74 Å². The van der Waals surface area contributed by atoms with Crippen LogP contribution in [0.5, 0.6) is 0 Å². The zero-order chi connectivity index (χ0) is 16.8. The van der Waals surface area contributed by atoms with Crippen LogP contribution in [-0.2, 0) is 16.0 Å². The molecule has 1 aromatic heterocycles. The predicted molar refractivity (Wildman–Crippen MR) is 89.1 cm³/mol. The third-order valence-corrected chi connectivity index (χ3v) is 3.65. The van der Waals surface area contributed by atoms with Gasteiger partial charge in [-0.2, -0.15) is 0 Å². The molecule has 124 valence electrons. The van der Waals surface area contributed by atoms with Gasteiger partial charge in [-0.1, -0.05) is 6.07 Å². The van der Waals surface area contributed by atoms with Gasteiger partial charge in [0.25, 0.3) is 0 Å². The van der Waals surface area contributed by atoms with Crippen molar-refractivity contribution in [2.75, 3.05) is 6.54 Å². The molecular weight excluding hydrogens is 300 g/mol. The largest absolute Gasteiger partial charge is 0.444 e. The lowest BCUT2D eigenvalue weighted by Gasteiger charge is -2.28. The average molecular weight is 326 g/mol. The van der Waals surface area contributed by atoms with Crippen LogP contribution in [0.3, 0.4) is 0 Å². The summed E-state index contributed by atoms with van der Waals surface area (Å²) >= 11 is 1.68.